The first kappa shape index (κ1) is 21.2. The molecule has 0 saturated heterocycles. The van der Waals surface area contributed by atoms with Crippen LogP contribution in [0, 0.1) is 13.8 Å². The third-order valence-corrected chi connectivity index (χ3v) is 6.56. The number of hydrogen-bond donors (Lipinski definition) is 0. The molecule has 0 heterocycles. The van der Waals surface area contributed by atoms with Gasteiger partial charge in [-0.15, -0.1) is 0 Å². The summed E-state index contributed by atoms with van der Waals surface area (Å²) in [6.07, 6.45) is 0. The zero-order valence-electron chi connectivity index (χ0n) is 16.1. The van der Waals surface area contributed by atoms with E-state index in [0.717, 1.165) is 22.3 Å². The summed E-state index contributed by atoms with van der Waals surface area (Å²) in [4.78, 5) is 0. The Kier molecular flexibility index (Phi) is 7.15. The van der Waals surface area contributed by atoms with Crippen LogP contribution in [0.15, 0.2) is 36.4 Å². The van der Waals surface area contributed by atoms with Gasteiger partial charge in [-0.1, -0.05) is 52.0 Å². The van der Waals surface area contributed by atoms with Gasteiger partial charge in [0.2, 0.25) is 0 Å². The maximum atomic E-state index is 6.05. The third-order valence-electron chi connectivity index (χ3n) is 4.09. The van der Waals surface area contributed by atoms with Crippen molar-refractivity contribution >= 4 is 30.4 Å². The van der Waals surface area contributed by atoms with Crippen LogP contribution < -0.4 is 9.05 Å². The second-order valence-corrected chi connectivity index (χ2v) is 10.2. The van der Waals surface area contributed by atoms with Gasteiger partial charge in [-0.2, -0.15) is 4.08 Å². The molecule has 3 nitrogen and oxygen atoms in total. The molecule has 0 fully saturated rings. The Morgan fingerprint density at radius 1 is 0.808 bits per heavy atom. The smallest absolute Gasteiger partial charge is 0.415 e. The van der Waals surface area contributed by atoms with Crippen molar-refractivity contribution in [3.8, 4) is 11.5 Å². The fourth-order valence-corrected chi connectivity index (χ4v) is 4.23. The maximum absolute atomic E-state index is 6.05. The molecule has 142 valence electrons. The lowest BCUT2D eigenvalue weighted by Gasteiger charge is -2.24. The predicted octanol–water partition coefficient (Wildman–Crippen LogP) is 7.40. The normalized spacial score (nSPS) is 11.9. The van der Waals surface area contributed by atoms with E-state index in [9.17, 15) is 0 Å². The molecular formula is C20H26ClO3PS. The lowest BCUT2D eigenvalue weighted by atomic mass is 10.0. The number of benzene rings is 2. The largest absolute Gasteiger partial charge is 0.451 e. The lowest BCUT2D eigenvalue weighted by Crippen LogP contribution is -2.05. The minimum Gasteiger partial charge on any atom is -0.415 e. The van der Waals surface area contributed by atoms with E-state index in [1.165, 1.54) is 0 Å². The second kappa shape index (κ2) is 8.75. The van der Waals surface area contributed by atoms with Crippen LogP contribution in [-0.4, -0.2) is 0 Å². The molecule has 2 aromatic carbocycles. The van der Waals surface area contributed by atoms with Gasteiger partial charge >= 0.3 is 6.72 Å². The van der Waals surface area contributed by atoms with Crippen molar-refractivity contribution in [2.45, 2.75) is 53.4 Å². The van der Waals surface area contributed by atoms with Crippen LogP contribution in [0.4, 0.5) is 0 Å². The molecule has 0 aliphatic heterocycles. The number of hydrogen-bond acceptors (Lipinski definition) is 4. The van der Waals surface area contributed by atoms with Crippen LogP contribution in [0.2, 0.25) is 0 Å². The predicted molar refractivity (Wildman–Crippen MR) is 113 cm³/mol. The van der Waals surface area contributed by atoms with Gasteiger partial charge in [0, 0.05) is 11.8 Å². The summed E-state index contributed by atoms with van der Waals surface area (Å²) in [6, 6.07) is 12.0. The molecule has 2 aromatic rings. The number of halogens is 1. The highest BCUT2D eigenvalue weighted by molar-refractivity contribution is 8.08. The molecule has 26 heavy (non-hydrogen) atoms. The lowest BCUT2D eigenvalue weighted by molar-refractivity contribution is 0.393. The van der Waals surface area contributed by atoms with Gasteiger partial charge in [-0.05, 0) is 60.1 Å². The summed E-state index contributed by atoms with van der Waals surface area (Å²) in [5.74, 6) is 1.86. The molecule has 0 bridgehead atoms. The first-order chi connectivity index (χ1) is 12.1. The van der Waals surface area contributed by atoms with Gasteiger partial charge in [0.05, 0.1) is 11.9 Å². The molecular weight excluding hydrogens is 387 g/mol. The van der Waals surface area contributed by atoms with Crippen molar-refractivity contribution in [2.75, 3.05) is 0 Å². The van der Waals surface area contributed by atoms with Crippen LogP contribution in [0.3, 0.4) is 0 Å². The van der Waals surface area contributed by atoms with Crippen molar-refractivity contribution in [3.05, 3.63) is 58.7 Å². The van der Waals surface area contributed by atoms with E-state index >= 15 is 0 Å². The standard InChI is InChI=1S/C20H26ClO3PS/c1-13(2)17-9-7-15(5)11-19(17)22-25(26,24-21)23-20-12-16(6)8-10-18(20)14(3)4/h7-14H,1-6H3. The van der Waals surface area contributed by atoms with Crippen molar-refractivity contribution in [3.63, 3.8) is 0 Å². The Labute approximate surface area is 167 Å². The fraction of sp³-hybridized carbons (Fsp3) is 0.400. The van der Waals surface area contributed by atoms with Gasteiger partial charge in [-0.3, -0.25) is 0 Å². The maximum Gasteiger partial charge on any atom is 0.451 e. The van der Waals surface area contributed by atoms with E-state index in [1.807, 2.05) is 50.2 Å². The van der Waals surface area contributed by atoms with Gasteiger partial charge in [0.25, 0.3) is 0 Å². The molecule has 0 amide bonds. The van der Waals surface area contributed by atoms with Gasteiger partial charge < -0.3 is 9.05 Å². The zero-order valence-corrected chi connectivity index (χ0v) is 18.5. The molecule has 0 atom stereocenters. The van der Waals surface area contributed by atoms with Crippen molar-refractivity contribution in [2.24, 2.45) is 0 Å². The van der Waals surface area contributed by atoms with Crippen LogP contribution in [0.1, 0.15) is 61.8 Å². The monoisotopic (exact) mass is 412 g/mol. The number of aryl methyl sites for hydroxylation is 2. The summed E-state index contributed by atoms with van der Waals surface area (Å²) < 4.78 is 17.2. The first-order valence-electron chi connectivity index (χ1n) is 8.66. The van der Waals surface area contributed by atoms with Crippen LogP contribution in [-0.2, 0) is 15.9 Å². The van der Waals surface area contributed by atoms with E-state index in [4.69, 9.17) is 36.8 Å². The SMILES string of the molecule is Cc1ccc(C(C)C)c(OP(=S)(OCl)Oc2cc(C)ccc2C(C)C)c1. The van der Waals surface area contributed by atoms with E-state index in [0.29, 0.717) is 11.5 Å². The average Bonchev–Trinajstić information content (AvgIpc) is 2.54. The first-order valence-corrected chi connectivity index (χ1v) is 11.5. The Bertz CT molecular complexity index is 757. The van der Waals surface area contributed by atoms with Crippen molar-refractivity contribution in [1.82, 2.24) is 0 Å². The molecule has 0 aromatic heterocycles. The molecule has 0 aliphatic carbocycles. The third kappa shape index (κ3) is 5.23. The Morgan fingerprint density at radius 3 is 1.50 bits per heavy atom. The zero-order chi connectivity index (χ0) is 19.5. The second-order valence-electron chi connectivity index (χ2n) is 7.09. The van der Waals surface area contributed by atoms with Gasteiger partial charge in [-0.25, -0.2) is 0 Å². The molecule has 0 unspecified atom stereocenters. The Balaban J connectivity index is 2.41. The summed E-state index contributed by atoms with van der Waals surface area (Å²) in [6.45, 7) is 9.17. The fourth-order valence-electron chi connectivity index (χ4n) is 2.68. The van der Waals surface area contributed by atoms with E-state index in [1.54, 1.807) is 0 Å². The van der Waals surface area contributed by atoms with E-state index in [-0.39, 0.29) is 11.8 Å². The van der Waals surface area contributed by atoms with Crippen molar-refractivity contribution in [1.29, 1.82) is 0 Å². The molecule has 2 rings (SSSR count). The van der Waals surface area contributed by atoms with Gasteiger partial charge in [0.1, 0.15) is 11.5 Å². The minimum atomic E-state index is -3.22. The van der Waals surface area contributed by atoms with E-state index < -0.39 is 6.72 Å². The van der Waals surface area contributed by atoms with Crippen molar-refractivity contribution < 1.29 is 13.1 Å². The Morgan fingerprint density at radius 2 is 1.19 bits per heavy atom. The summed E-state index contributed by atoms with van der Waals surface area (Å²) in [5, 5.41) is 0. The highest BCUT2D eigenvalue weighted by Gasteiger charge is 2.28. The van der Waals surface area contributed by atoms with Crippen LogP contribution >= 0.6 is 18.6 Å². The molecule has 0 aliphatic rings. The molecule has 0 radical (unpaired) electrons. The van der Waals surface area contributed by atoms with Crippen LogP contribution in [0.25, 0.3) is 0 Å². The van der Waals surface area contributed by atoms with Gasteiger partial charge in [0.15, 0.2) is 0 Å². The summed E-state index contributed by atoms with van der Waals surface area (Å²) in [5.41, 5.74) is 4.21. The Hall–Kier alpha value is -1.06. The topological polar surface area (TPSA) is 27.7 Å². The molecule has 0 N–H and O–H groups in total. The average molecular weight is 413 g/mol. The minimum absolute atomic E-state index is 0.273. The molecule has 0 saturated carbocycles. The summed E-state index contributed by atoms with van der Waals surface area (Å²) >= 11 is 11.3. The highest BCUT2D eigenvalue weighted by atomic mass is 35.5. The number of rotatable bonds is 7. The van der Waals surface area contributed by atoms with E-state index in [2.05, 4.69) is 27.7 Å². The summed E-state index contributed by atoms with van der Waals surface area (Å²) in [7, 11) is 0. The molecule has 0 spiro atoms. The highest BCUT2D eigenvalue weighted by Crippen LogP contribution is 2.53. The molecule has 6 heteroatoms. The van der Waals surface area contributed by atoms with Crippen LogP contribution in [0.5, 0.6) is 11.5 Å². The quantitative estimate of drug-likeness (QED) is 0.442.